The van der Waals surface area contributed by atoms with Crippen LogP contribution in [0.4, 0.5) is 0 Å². The van der Waals surface area contributed by atoms with Crippen molar-refractivity contribution in [1.29, 1.82) is 0 Å². The molecule has 2 rings (SSSR count). The SMILES string of the molecule is CC(C)n1c(CCCN)cc2cccc(O)c21. The molecule has 0 fully saturated rings. The quantitative estimate of drug-likeness (QED) is 0.851. The lowest BCUT2D eigenvalue weighted by atomic mass is 10.2. The van der Waals surface area contributed by atoms with Crippen LogP contribution in [0, 0.1) is 0 Å². The van der Waals surface area contributed by atoms with E-state index < -0.39 is 0 Å². The molecule has 3 heteroatoms. The highest BCUT2D eigenvalue weighted by Gasteiger charge is 2.13. The molecule has 0 aliphatic heterocycles. The molecule has 0 aliphatic carbocycles. The number of benzene rings is 1. The van der Waals surface area contributed by atoms with Gasteiger partial charge in [-0.15, -0.1) is 0 Å². The van der Waals surface area contributed by atoms with Gasteiger partial charge in [-0.3, -0.25) is 0 Å². The fraction of sp³-hybridized carbons (Fsp3) is 0.429. The maximum atomic E-state index is 9.99. The van der Waals surface area contributed by atoms with Crippen molar-refractivity contribution in [3.05, 3.63) is 30.0 Å². The van der Waals surface area contributed by atoms with Gasteiger partial charge in [0.25, 0.3) is 0 Å². The lowest BCUT2D eigenvalue weighted by Gasteiger charge is -2.15. The molecule has 1 aromatic heterocycles. The van der Waals surface area contributed by atoms with Crippen LogP contribution in [0.3, 0.4) is 0 Å². The van der Waals surface area contributed by atoms with Gasteiger partial charge in [-0.05, 0) is 45.4 Å². The number of phenolic OH excluding ortho intramolecular Hbond substituents is 1. The minimum absolute atomic E-state index is 0.341. The maximum absolute atomic E-state index is 9.99. The number of rotatable bonds is 4. The summed E-state index contributed by atoms with van der Waals surface area (Å²) < 4.78 is 2.21. The van der Waals surface area contributed by atoms with Crippen molar-refractivity contribution in [1.82, 2.24) is 4.57 Å². The van der Waals surface area contributed by atoms with E-state index in [1.54, 1.807) is 6.07 Å². The van der Waals surface area contributed by atoms with E-state index in [1.807, 2.05) is 12.1 Å². The first-order chi connectivity index (χ1) is 8.15. The van der Waals surface area contributed by atoms with E-state index in [1.165, 1.54) is 5.69 Å². The van der Waals surface area contributed by atoms with Crippen LogP contribution in [0.15, 0.2) is 24.3 Å². The number of hydrogen-bond acceptors (Lipinski definition) is 2. The molecular formula is C14H20N2O. The van der Waals surface area contributed by atoms with Crippen molar-refractivity contribution >= 4 is 10.9 Å². The highest BCUT2D eigenvalue weighted by Crippen LogP contribution is 2.31. The number of fused-ring (bicyclic) bond motifs is 1. The van der Waals surface area contributed by atoms with Crippen LogP contribution < -0.4 is 5.73 Å². The van der Waals surface area contributed by atoms with E-state index in [4.69, 9.17) is 5.73 Å². The Balaban J connectivity index is 2.59. The van der Waals surface area contributed by atoms with Crippen LogP contribution in [0.25, 0.3) is 10.9 Å². The predicted octanol–water partition coefficient (Wildman–Crippen LogP) is 2.82. The largest absolute Gasteiger partial charge is 0.506 e. The Kier molecular flexibility index (Phi) is 3.38. The van der Waals surface area contributed by atoms with Crippen LogP contribution in [0.5, 0.6) is 5.75 Å². The number of nitrogens with zero attached hydrogens (tertiary/aromatic N) is 1. The van der Waals surface area contributed by atoms with E-state index in [-0.39, 0.29) is 0 Å². The van der Waals surface area contributed by atoms with Gasteiger partial charge < -0.3 is 15.4 Å². The zero-order valence-corrected chi connectivity index (χ0v) is 10.5. The number of phenols is 1. The fourth-order valence-corrected chi connectivity index (χ4v) is 2.39. The molecule has 0 saturated carbocycles. The summed E-state index contributed by atoms with van der Waals surface area (Å²) >= 11 is 0. The molecule has 0 radical (unpaired) electrons. The molecule has 0 bridgehead atoms. The second-order valence-electron chi connectivity index (χ2n) is 4.71. The van der Waals surface area contributed by atoms with Gasteiger partial charge in [0.05, 0.1) is 5.52 Å². The molecule has 2 aromatic rings. The third-order valence-corrected chi connectivity index (χ3v) is 3.07. The van der Waals surface area contributed by atoms with Crippen LogP contribution in [-0.2, 0) is 6.42 Å². The molecule has 0 aliphatic rings. The number of hydrogen-bond donors (Lipinski definition) is 2. The molecular weight excluding hydrogens is 212 g/mol. The van der Waals surface area contributed by atoms with E-state index >= 15 is 0 Å². The highest BCUT2D eigenvalue weighted by molar-refractivity contribution is 5.86. The van der Waals surface area contributed by atoms with Gasteiger partial charge in [-0.25, -0.2) is 0 Å². The Morgan fingerprint density at radius 1 is 1.35 bits per heavy atom. The lowest BCUT2D eigenvalue weighted by molar-refractivity contribution is 0.473. The zero-order valence-electron chi connectivity index (χ0n) is 10.5. The van der Waals surface area contributed by atoms with Crippen molar-refractivity contribution in [3.8, 4) is 5.75 Å². The highest BCUT2D eigenvalue weighted by atomic mass is 16.3. The molecule has 92 valence electrons. The van der Waals surface area contributed by atoms with Crippen molar-refractivity contribution in [2.75, 3.05) is 6.54 Å². The van der Waals surface area contributed by atoms with Crippen LogP contribution in [0.1, 0.15) is 32.0 Å². The molecule has 3 nitrogen and oxygen atoms in total. The summed E-state index contributed by atoms with van der Waals surface area (Å²) in [7, 11) is 0. The molecule has 0 atom stereocenters. The summed E-state index contributed by atoms with van der Waals surface area (Å²) in [6, 6.07) is 8.17. The van der Waals surface area contributed by atoms with Gasteiger partial charge in [-0.2, -0.15) is 0 Å². The number of aromatic nitrogens is 1. The van der Waals surface area contributed by atoms with Gasteiger partial charge >= 0.3 is 0 Å². The Hall–Kier alpha value is -1.48. The van der Waals surface area contributed by atoms with Crippen molar-refractivity contribution in [2.24, 2.45) is 5.73 Å². The Bertz CT molecular complexity index is 514. The summed E-state index contributed by atoms with van der Waals surface area (Å²) in [5.41, 5.74) is 7.76. The third-order valence-electron chi connectivity index (χ3n) is 3.07. The first-order valence-electron chi connectivity index (χ1n) is 6.17. The summed E-state index contributed by atoms with van der Waals surface area (Å²) in [5, 5.41) is 11.1. The minimum atomic E-state index is 0.341. The Morgan fingerprint density at radius 3 is 2.76 bits per heavy atom. The van der Waals surface area contributed by atoms with Gasteiger partial charge in [0.2, 0.25) is 0 Å². The number of aryl methyl sites for hydroxylation is 1. The van der Waals surface area contributed by atoms with Crippen molar-refractivity contribution in [3.63, 3.8) is 0 Å². The van der Waals surface area contributed by atoms with Crippen LogP contribution >= 0.6 is 0 Å². The predicted molar refractivity (Wildman–Crippen MR) is 71.4 cm³/mol. The minimum Gasteiger partial charge on any atom is -0.506 e. The summed E-state index contributed by atoms with van der Waals surface area (Å²) in [6.07, 6.45) is 1.94. The van der Waals surface area contributed by atoms with E-state index in [2.05, 4.69) is 24.5 Å². The maximum Gasteiger partial charge on any atom is 0.139 e. The molecule has 1 aromatic carbocycles. The molecule has 0 saturated heterocycles. The first kappa shape index (κ1) is 12.0. The molecule has 0 unspecified atom stereocenters. The van der Waals surface area contributed by atoms with Crippen LogP contribution in [0.2, 0.25) is 0 Å². The zero-order chi connectivity index (χ0) is 12.4. The third kappa shape index (κ3) is 2.15. The average molecular weight is 232 g/mol. The summed E-state index contributed by atoms with van der Waals surface area (Å²) in [6.45, 7) is 4.97. The van der Waals surface area contributed by atoms with Crippen molar-refractivity contribution in [2.45, 2.75) is 32.7 Å². The van der Waals surface area contributed by atoms with Gasteiger partial charge in [-0.1, -0.05) is 12.1 Å². The van der Waals surface area contributed by atoms with E-state index in [0.29, 0.717) is 18.3 Å². The molecule has 17 heavy (non-hydrogen) atoms. The van der Waals surface area contributed by atoms with Crippen molar-refractivity contribution < 1.29 is 5.11 Å². The summed E-state index contributed by atoms with van der Waals surface area (Å²) in [4.78, 5) is 0. The molecule has 1 heterocycles. The fourth-order valence-electron chi connectivity index (χ4n) is 2.39. The number of para-hydroxylation sites is 1. The lowest BCUT2D eigenvalue weighted by Crippen LogP contribution is -2.08. The monoisotopic (exact) mass is 232 g/mol. The Labute approximate surface area is 102 Å². The van der Waals surface area contributed by atoms with E-state index in [9.17, 15) is 5.11 Å². The van der Waals surface area contributed by atoms with Gasteiger partial charge in [0.15, 0.2) is 0 Å². The standard InChI is InChI=1S/C14H20N2O/c1-10(2)16-12(6-4-8-15)9-11-5-3-7-13(17)14(11)16/h3,5,7,9-10,17H,4,6,8,15H2,1-2H3. The van der Waals surface area contributed by atoms with Crippen LogP contribution in [-0.4, -0.2) is 16.2 Å². The van der Waals surface area contributed by atoms with Gasteiger partial charge in [0.1, 0.15) is 5.75 Å². The number of aromatic hydroxyl groups is 1. The second kappa shape index (κ2) is 4.80. The summed E-state index contributed by atoms with van der Waals surface area (Å²) in [5.74, 6) is 0.357. The smallest absolute Gasteiger partial charge is 0.139 e. The second-order valence-corrected chi connectivity index (χ2v) is 4.71. The molecule has 0 spiro atoms. The first-order valence-corrected chi connectivity index (χ1v) is 6.17. The molecule has 3 N–H and O–H groups in total. The Morgan fingerprint density at radius 2 is 2.12 bits per heavy atom. The average Bonchev–Trinajstić information content (AvgIpc) is 2.66. The van der Waals surface area contributed by atoms with E-state index in [0.717, 1.165) is 23.7 Å². The van der Waals surface area contributed by atoms with Gasteiger partial charge in [0, 0.05) is 17.1 Å². The normalized spacial score (nSPS) is 11.5. The topological polar surface area (TPSA) is 51.2 Å². The molecule has 0 amide bonds. The number of nitrogens with two attached hydrogens (primary N) is 1.